The topological polar surface area (TPSA) is 84.7 Å². The Balaban J connectivity index is 0.00000392. The second-order valence-corrected chi connectivity index (χ2v) is 6.41. The molecule has 0 saturated carbocycles. The number of hydrogen-bond acceptors (Lipinski definition) is 4. The highest BCUT2D eigenvalue weighted by atomic mass is 35.5. The second-order valence-electron chi connectivity index (χ2n) is 6.41. The summed E-state index contributed by atoms with van der Waals surface area (Å²) in [5, 5.41) is 2.92. The van der Waals surface area contributed by atoms with Crippen LogP contribution in [-0.2, 0) is 11.2 Å². The lowest BCUT2D eigenvalue weighted by molar-refractivity contribution is -0.121. The maximum atomic E-state index is 12.6. The molecule has 0 aliphatic heterocycles. The molecule has 0 aliphatic carbocycles. The fourth-order valence-electron chi connectivity index (χ4n) is 2.72. The Labute approximate surface area is 172 Å². The van der Waals surface area contributed by atoms with Gasteiger partial charge in [0.1, 0.15) is 5.75 Å². The van der Waals surface area contributed by atoms with Crippen molar-refractivity contribution in [2.24, 2.45) is 11.7 Å². The van der Waals surface area contributed by atoms with Crippen LogP contribution in [0.25, 0.3) is 0 Å². The van der Waals surface area contributed by atoms with E-state index < -0.39 is 0 Å². The van der Waals surface area contributed by atoms with Crippen LogP contribution >= 0.6 is 12.4 Å². The maximum absolute atomic E-state index is 12.6. The van der Waals surface area contributed by atoms with Gasteiger partial charge in [-0.15, -0.1) is 12.4 Å². The predicted molar refractivity (Wildman–Crippen MR) is 114 cm³/mol. The molecule has 3 N–H and O–H groups in total. The van der Waals surface area contributed by atoms with Gasteiger partial charge in [0.05, 0.1) is 18.4 Å². The van der Waals surface area contributed by atoms with Crippen molar-refractivity contribution in [3.05, 3.63) is 59.7 Å². The third-order valence-corrected chi connectivity index (χ3v) is 4.47. The number of nitrogens with one attached hydrogen (secondary N) is 1. The summed E-state index contributed by atoms with van der Waals surface area (Å²) in [5.74, 6) is 0.174. The molecule has 2 aromatic rings. The molecular weight excluding hydrogens is 378 g/mol. The Bertz CT molecular complexity index is 781. The van der Waals surface area contributed by atoms with Crippen molar-refractivity contribution in [1.29, 1.82) is 0 Å². The lowest BCUT2D eigenvalue weighted by Crippen LogP contribution is -2.36. The first kappa shape index (κ1) is 23.5. The monoisotopic (exact) mass is 405 g/mol. The highest BCUT2D eigenvalue weighted by Gasteiger charge is 2.21. The molecule has 7 heteroatoms. The summed E-state index contributed by atoms with van der Waals surface area (Å²) in [6.45, 7) is 2.53. The number of rotatable bonds is 8. The molecule has 6 nitrogen and oxygen atoms in total. The van der Waals surface area contributed by atoms with Gasteiger partial charge in [0.25, 0.3) is 5.91 Å². The van der Waals surface area contributed by atoms with Crippen molar-refractivity contribution in [3.8, 4) is 5.75 Å². The fraction of sp³-hybridized carbons (Fsp3) is 0.333. The van der Waals surface area contributed by atoms with E-state index in [1.807, 2.05) is 24.3 Å². The van der Waals surface area contributed by atoms with Crippen LogP contribution in [0.4, 0.5) is 5.69 Å². The number of benzene rings is 2. The van der Waals surface area contributed by atoms with Crippen molar-refractivity contribution in [2.75, 3.05) is 32.1 Å². The number of nitrogens with zero attached hydrogens (tertiary/aromatic N) is 1. The molecular formula is C21H28ClN3O3. The van der Waals surface area contributed by atoms with Gasteiger partial charge in [-0.2, -0.15) is 0 Å². The Morgan fingerprint density at radius 3 is 2.39 bits per heavy atom. The lowest BCUT2D eigenvalue weighted by atomic mass is 10.1. The smallest absolute Gasteiger partial charge is 0.253 e. The van der Waals surface area contributed by atoms with Gasteiger partial charge in [-0.05, 0) is 36.2 Å². The number of nitrogens with two attached hydrogens (primary N) is 1. The van der Waals surface area contributed by atoms with Gasteiger partial charge >= 0.3 is 0 Å². The summed E-state index contributed by atoms with van der Waals surface area (Å²) in [7, 11) is 3.29. The molecule has 2 amide bonds. The van der Waals surface area contributed by atoms with Crippen molar-refractivity contribution >= 4 is 29.9 Å². The lowest BCUT2D eigenvalue weighted by Gasteiger charge is -2.23. The molecule has 28 heavy (non-hydrogen) atoms. The minimum absolute atomic E-state index is 0. The second kappa shape index (κ2) is 11.3. The van der Waals surface area contributed by atoms with Gasteiger partial charge in [-0.3, -0.25) is 9.59 Å². The zero-order valence-electron chi connectivity index (χ0n) is 16.5. The third-order valence-electron chi connectivity index (χ3n) is 4.47. The molecule has 0 aliphatic rings. The molecule has 0 saturated heterocycles. The molecule has 0 heterocycles. The normalized spacial score (nSPS) is 11.1. The molecule has 1 unspecified atom stereocenters. The zero-order valence-corrected chi connectivity index (χ0v) is 17.3. The maximum Gasteiger partial charge on any atom is 0.253 e. The van der Waals surface area contributed by atoms with Crippen LogP contribution in [0.15, 0.2) is 48.5 Å². The number of halogens is 1. The van der Waals surface area contributed by atoms with E-state index in [9.17, 15) is 9.59 Å². The van der Waals surface area contributed by atoms with Gasteiger partial charge in [0, 0.05) is 26.1 Å². The molecule has 0 radical (unpaired) electrons. The van der Waals surface area contributed by atoms with Gasteiger partial charge in [0.15, 0.2) is 0 Å². The Kier molecular flexibility index (Phi) is 9.48. The molecule has 152 valence electrons. The van der Waals surface area contributed by atoms with Crippen LogP contribution in [-0.4, -0.2) is 39.1 Å². The molecule has 2 aromatic carbocycles. The molecule has 0 spiro atoms. The molecule has 2 rings (SSSR count). The SMILES string of the molecule is COc1ccc(CCNC(=O)c2ccccc2N(C)C(=O)C(C)CN)cc1.Cl. The third kappa shape index (κ3) is 5.97. The summed E-state index contributed by atoms with van der Waals surface area (Å²) in [4.78, 5) is 26.5. The molecule has 1 atom stereocenters. The van der Waals surface area contributed by atoms with Crippen LogP contribution in [0.2, 0.25) is 0 Å². The van der Waals surface area contributed by atoms with E-state index >= 15 is 0 Å². The Morgan fingerprint density at radius 1 is 1.14 bits per heavy atom. The first-order valence-corrected chi connectivity index (χ1v) is 8.95. The van der Waals surface area contributed by atoms with Crippen molar-refractivity contribution < 1.29 is 14.3 Å². The summed E-state index contributed by atoms with van der Waals surface area (Å²) in [6, 6.07) is 14.8. The largest absolute Gasteiger partial charge is 0.497 e. The first-order valence-electron chi connectivity index (χ1n) is 8.95. The number of methoxy groups -OCH3 is 1. The Morgan fingerprint density at radius 2 is 1.79 bits per heavy atom. The van der Waals surface area contributed by atoms with Crippen molar-refractivity contribution in [1.82, 2.24) is 5.32 Å². The summed E-state index contributed by atoms with van der Waals surface area (Å²) >= 11 is 0. The van der Waals surface area contributed by atoms with Crippen LogP contribution in [0.1, 0.15) is 22.8 Å². The number of anilines is 1. The summed E-state index contributed by atoms with van der Waals surface area (Å²) in [5.41, 5.74) is 7.74. The molecule has 0 aromatic heterocycles. The van der Waals surface area contributed by atoms with E-state index in [0.29, 0.717) is 24.2 Å². The van der Waals surface area contributed by atoms with E-state index in [-0.39, 0.29) is 36.7 Å². The number of amides is 2. The molecule has 0 fully saturated rings. The quantitative estimate of drug-likeness (QED) is 0.707. The highest BCUT2D eigenvalue weighted by Crippen LogP contribution is 2.21. The van der Waals surface area contributed by atoms with E-state index in [2.05, 4.69) is 5.32 Å². The number of carbonyl (C=O) groups is 2. The molecule has 0 bridgehead atoms. The number of ether oxygens (including phenoxy) is 1. The van der Waals surface area contributed by atoms with E-state index in [0.717, 1.165) is 11.3 Å². The van der Waals surface area contributed by atoms with Gasteiger partial charge < -0.3 is 20.7 Å². The standard InChI is InChI=1S/C21H27N3O3.ClH/c1-15(14-22)21(26)24(2)19-7-5-4-6-18(19)20(25)23-13-12-16-8-10-17(27-3)11-9-16;/h4-11,15H,12-14,22H2,1-3H3,(H,23,25);1H. The average molecular weight is 406 g/mol. The van der Waals surface area contributed by atoms with Gasteiger partial charge in [-0.25, -0.2) is 0 Å². The number of carbonyl (C=O) groups excluding carboxylic acids is 2. The summed E-state index contributed by atoms with van der Waals surface area (Å²) in [6.07, 6.45) is 0.705. The average Bonchev–Trinajstić information content (AvgIpc) is 2.72. The van der Waals surface area contributed by atoms with Crippen LogP contribution in [0.5, 0.6) is 5.75 Å². The Hall–Kier alpha value is -2.57. The zero-order chi connectivity index (χ0) is 19.8. The van der Waals surface area contributed by atoms with Crippen LogP contribution in [0.3, 0.4) is 0 Å². The summed E-state index contributed by atoms with van der Waals surface area (Å²) < 4.78 is 5.14. The highest BCUT2D eigenvalue weighted by molar-refractivity contribution is 6.05. The number of hydrogen-bond donors (Lipinski definition) is 2. The van der Waals surface area contributed by atoms with Crippen molar-refractivity contribution in [3.63, 3.8) is 0 Å². The van der Waals surface area contributed by atoms with Gasteiger partial charge in [-0.1, -0.05) is 31.2 Å². The fourth-order valence-corrected chi connectivity index (χ4v) is 2.72. The van der Waals surface area contributed by atoms with Crippen LogP contribution < -0.4 is 20.7 Å². The minimum atomic E-state index is -0.304. The van der Waals surface area contributed by atoms with E-state index in [4.69, 9.17) is 10.5 Å². The number of para-hydroxylation sites is 1. The predicted octanol–water partition coefficient (Wildman–Crippen LogP) is 2.65. The van der Waals surface area contributed by atoms with Gasteiger partial charge in [0.2, 0.25) is 5.91 Å². The van der Waals surface area contributed by atoms with Crippen molar-refractivity contribution in [2.45, 2.75) is 13.3 Å². The van der Waals surface area contributed by atoms with E-state index in [1.54, 1.807) is 45.3 Å². The first-order chi connectivity index (χ1) is 13.0. The van der Waals surface area contributed by atoms with E-state index in [1.165, 1.54) is 4.90 Å². The minimum Gasteiger partial charge on any atom is -0.497 e. The van der Waals surface area contributed by atoms with Crippen LogP contribution in [0, 0.1) is 5.92 Å².